The third kappa shape index (κ3) is 5.39. The summed E-state index contributed by atoms with van der Waals surface area (Å²) in [6.07, 6.45) is 4.45. The van der Waals surface area contributed by atoms with Crippen molar-refractivity contribution >= 4 is 23.5 Å². The van der Waals surface area contributed by atoms with Crippen molar-refractivity contribution < 1.29 is 29.0 Å². The van der Waals surface area contributed by atoms with Gasteiger partial charge >= 0.3 is 11.9 Å². The van der Waals surface area contributed by atoms with Gasteiger partial charge in [0.15, 0.2) is 0 Å². The fourth-order valence-corrected chi connectivity index (χ4v) is 4.76. The predicted molar refractivity (Wildman–Crippen MR) is 94.4 cm³/mol. The molecule has 0 aromatic carbocycles. The van der Waals surface area contributed by atoms with E-state index in [1.165, 1.54) is 6.92 Å². The van der Waals surface area contributed by atoms with Crippen molar-refractivity contribution in [1.82, 2.24) is 0 Å². The lowest BCUT2D eigenvalue weighted by atomic mass is 9.60. The highest BCUT2D eigenvalue weighted by molar-refractivity contribution is 5.84. The highest BCUT2D eigenvalue weighted by Crippen LogP contribution is 2.47. The quantitative estimate of drug-likeness (QED) is 0.663. The second kappa shape index (κ2) is 9.28. The zero-order valence-corrected chi connectivity index (χ0v) is 15.7. The van der Waals surface area contributed by atoms with Gasteiger partial charge in [-0.05, 0) is 43.9 Å². The monoisotopic (exact) mass is 366 g/mol. The number of hydrogen-bond donors (Lipinski definition) is 1. The molecule has 0 bridgehead atoms. The minimum Gasteiger partial charge on any atom is -0.481 e. The number of carbonyl (C=O) groups is 4. The summed E-state index contributed by atoms with van der Waals surface area (Å²) < 4.78 is 5.58. The maximum Gasteiger partial charge on any atom is 0.303 e. The van der Waals surface area contributed by atoms with E-state index in [9.17, 15) is 19.2 Å². The lowest BCUT2D eigenvalue weighted by molar-refractivity contribution is -0.161. The molecule has 0 spiro atoms. The second-order valence-electron chi connectivity index (χ2n) is 7.89. The summed E-state index contributed by atoms with van der Waals surface area (Å²) in [5.74, 6) is -0.367. The molecule has 0 aromatic rings. The number of rotatable bonds is 8. The Bertz CT molecular complexity index is 555. The maximum atomic E-state index is 12.5. The van der Waals surface area contributed by atoms with E-state index >= 15 is 0 Å². The molecule has 0 aliphatic heterocycles. The minimum absolute atomic E-state index is 0.000746. The summed E-state index contributed by atoms with van der Waals surface area (Å²) in [6, 6.07) is 0. The molecular formula is C20H30O6. The summed E-state index contributed by atoms with van der Waals surface area (Å²) in [4.78, 5) is 46.5. The molecule has 5 atom stereocenters. The summed E-state index contributed by atoms with van der Waals surface area (Å²) in [5.41, 5.74) is 0. The first-order valence-corrected chi connectivity index (χ1v) is 9.73. The number of esters is 1. The molecule has 2 rings (SSSR count). The van der Waals surface area contributed by atoms with Crippen molar-refractivity contribution in [3.05, 3.63) is 0 Å². The Morgan fingerprint density at radius 3 is 2.46 bits per heavy atom. The SMILES string of the molecule is CC(=O)O[C@H]1C(C)CCC2C(CCC(=O)CCCC(=O)O)C(=O)CCC21. The molecule has 0 heterocycles. The molecule has 2 saturated carbocycles. The number of Topliss-reactive ketones (excluding diaryl/α,β-unsaturated/α-hetero) is 2. The van der Waals surface area contributed by atoms with Crippen LogP contribution in [0, 0.1) is 23.7 Å². The van der Waals surface area contributed by atoms with Crippen LogP contribution in [0.2, 0.25) is 0 Å². The number of ketones is 2. The number of fused-ring (bicyclic) bond motifs is 1. The third-order valence-corrected chi connectivity index (χ3v) is 6.03. The van der Waals surface area contributed by atoms with Crippen LogP contribution in [0.25, 0.3) is 0 Å². The molecule has 2 aliphatic rings. The van der Waals surface area contributed by atoms with Crippen LogP contribution in [0.3, 0.4) is 0 Å². The van der Waals surface area contributed by atoms with Gasteiger partial charge in [-0.3, -0.25) is 19.2 Å². The average Bonchev–Trinajstić information content (AvgIpc) is 2.55. The smallest absolute Gasteiger partial charge is 0.303 e. The Balaban J connectivity index is 1.95. The average molecular weight is 366 g/mol. The Morgan fingerprint density at radius 2 is 1.81 bits per heavy atom. The van der Waals surface area contributed by atoms with Gasteiger partial charge in [-0.1, -0.05) is 6.92 Å². The van der Waals surface area contributed by atoms with Gasteiger partial charge in [-0.15, -0.1) is 0 Å². The van der Waals surface area contributed by atoms with Gasteiger partial charge < -0.3 is 9.84 Å². The normalized spacial score (nSPS) is 31.2. The zero-order chi connectivity index (χ0) is 19.3. The van der Waals surface area contributed by atoms with Gasteiger partial charge in [0.1, 0.15) is 17.7 Å². The largest absolute Gasteiger partial charge is 0.481 e. The molecule has 1 N–H and O–H groups in total. The molecule has 146 valence electrons. The number of carboxylic acids is 1. The first-order chi connectivity index (χ1) is 12.3. The van der Waals surface area contributed by atoms with Crippen molar-refractivity contribution in [3.63, 3.8) is 0 Å². The number of carboxylic acid groups (broad SMARTS) is 1. The Kier molecular flexibility index (Phi) is 7.35. The van der Waals surface area contributed by atoms with Crippen molar-refractivity contribution in [2.45, 2.75) is 77.7 Å². The van der Waals surface area contributed by atoms with Crippen molar-refractivity contribution in [2.75, 3.05) is 0 Å². The topological polar surface area (TPSA) is 97.7 Å². The fraction of sp³-hybridized carbons (Fsp3) is 0.800. The number of hydrogen-bond acceptors (Lipinski definition) is 5. The summed E-state index contributed by atoms with van der Waals surface area (Å²) in [5, 5.41) is 8.64. The first kappa shape index (κ1) is 20.6. The van der Waals surface area contributed by atoms with Gasteiger partial charge in [-0.25, -0.2) is 0 Å². The van der Waals surface area contributed by atoms with Gasteiger partial charge in [0.2, 0.25) is 0 Å². The molecule has 26 heavy (non-hydrogen) atoms. The summed E-state index contributed by atoms with van der Waals surface area (Å²) >= 11 is 0. The molecular weight excluding hydrogens is 336 g/mol. The van der Waals surface area contributed by atoms with E-state index in [2.05, 4.69) is 6.92 Å². The van der Waals surface area contributed by atoms with E-state index in [1.807, 2.05) is 0 Å². The van der Waals surface area contributed by atoms with Crippen molar-refractivity contribution in [1.29, 1.82) is 0 Å². The first-order valence-electron chi connectivity index (χ1n) is 9.73. The van der Waals surface area contributed by atoms with Crippen LogP contribution in [-0.4, -0.2) is 34.7 Å². The van der Waals surface area contributed by atoms with Gasteiger partial charge in [0.25, 0.3) is 0 Å². The number of carbonyl (C=O) groups excluding carboxylic acids is 3. The molecule has 0 saturated heterocycles. The lowest BCUT2D eigenvalue weighted by Crippen LogP contribution is -2.47. The Labute approximate surface area is 154 Å². The van der Waals surface area contributed by atoms with E-state index in [1.54, 1.807) is 0 Å². The van der Waals surface area contributed by atoms with E-state index in [4.69, 9.17) is 9.84 Å². The molecule has 2 aliphatic carbocycles. The van der Waals surface area contributed by atoms with Crippen LogP contribution in [-0.2, 0) is 23.9 Å². The molecule has 4 unspecified atom stereocenters. The molecule has 6 heteroatoms. The minimum atomic E-state index is -0.893. The van der Waals surface area contributed by atoms with Gasteiger partial charge in [-0.2, -0.15) is 0 Å². The van der Waals surface area contributed by atoms with E-state index in [0.29, 0.717) is 31.6 Å². The van der Waals surface area contributed by atoms with Crippen molar-refractivity contribution in [3.8, 4) is 0 Å². The molecule has 0 aromatic heterocycles. The van der Waals surface area contributed by atoms with Crippen molar-refractivity contribution in [2.24, 2.45) is 23.7 Å². The van der Waals surface area contributed by atoms with Gasteiger partial charge in [0, 0.05) is 44.4 Å². The molecule has 0 radical (unpaired) electrons. The molecule has 2 fully saturated rings. The second-order valence-corrected chi connectivity index (χ2v) is 7.89. The fourth-order valence-electron chi connectivity index (χ4n) is 4.76. The summed E-state index contributed by atoms with van der Waals surface area (Å²) in [6.45, 7) is 3.53. The lowest BCUT2D eigenvalue weighted by Gasteiger charge is -2.46. The van der Waals surface area contributed by atoms with E-state index in [0.717, 1.165) is 19.3 Å². The zero-order valence-electron chi connectivity index (χ0n) is 15.7. The predicted octanol–water partition coefficient (Wildman–Crippen LogP) is 3.16. The van der Waals surface area contributed by atoms with Crippen LogP contribution in [0.1, 0.15) is 71.6 Å². The standard InChI is InChI=1S/C20H30O6/c1-12-6-8-15-16(9-7-14(22)4-3-5-19(24)25)18(23)11-10-17(15)20(12)26-13(2)21/h12,15-17,20H,3-11H2,1-2H3,(H,24,25)/t12?,15?,16?,17?,20-/m0/s1. The summed E-state index contributed by atoms with van der Waals surface area (Å²) in [7, 11) is 0. The Hall–Kier alpha value is -1.72. The third-order valence-electron chi connectivity index (χ3n) is 6.03. The van der Waals surface area contributed by atoms with Crippen LogP contribution in [0.5, 0.6) is 0 Å². The van der Waals surface area contributed by atoms with Crippen LogP contribution < -0.4 is 0 Å². The van der Waals surface area contributed by atoms with Crippen LogP contribution in [0.15, 0.2) is 0 Å². The molecule has 6 nitrogen and oxygen atoms in total. The molecule has 0 amide bonds. The van der Waals surface area contributed by atoms with Gasteiger partial charge in [0.05, 0.1) is 0 Å². The van der Waals surface area contributed by atoms with Crippen LogP contribution >= 0.6 is 0 Å². The number of ether oxygens (including phenoxy) is 1. The Morgan fingerprint density at radius 1 is 1.08 bits per heavy atom. The highest BCUT2D eigenvalue weighted by Gasteiger charge is 2.47. The van der Waals surface area contributed by atoms with E-state index < -0.39 is 5.97 Å². The number of aliphatic carboxylic acids is 1. The van der Waals surface area contributed by atoms with E-state index in [-0.39, 0.29) is 54.2 Å². The highest BCUT2D eigenvalue weighted by atomic mass is 16.5. The van der Waals surface area contributed by atoms with Crippen LogP contribution in [0.4, 0.5) is 0 Å². The maximum absolute atomic E-state index is 12.5.